The zero-order valence-electron chi connectivity index (χ0n) is 10.9. The van der Waals surface area contributed by atoms with Crippen molar-refractivity contribution in [3.05, 3.63) is 12.7 Å². The van der Waals surface area contributed by atoms with Crippen LogP contribution in [0.2, 0.25) is 0 Å². The molecule has 1 aliphatic rings. The molecule has 6 heteroatoms. The molecule has 1 atom stereocenters. The lowest BCUT2D eigenvalue weighted by Crippen LogP contribution is -2.52. The Morgan fingerprint density at radius 3 is 2.78 bits per heavy atom. The van der Waals surface area contributed by atoms with Crippen LogP contribution in [0.3, 0.4) is 0 Å². The summed E-state index contributed by atoms with van der Waals surface area (Å²) in [5.74, 6) is 0.0871. The molecule has 1 saturated heterocycles. The molecule has 1 fully saturated rings. The molecule has 0 radical (unpaired) electrons. The van der Waals surface area contributed by atoms with Gasteiger partial charge in [-0.3, -0.25) is 4.79 Å². The molecule has 0 aromatic heterocycles. The molecule has 0 aliphatic carbocycles. The van der Waals surface area contributed by atoms with Gasteiger partial charge in [-0.05, 0) is 25.8 Å². The predicted octanol–water partition coefficient (Wildman–Crippen LogP) is 1.68. The third-order valence-electron chi connectivity index (χ3n) is 2.95. The van der Waals surface area contributed by atoms with Crippen molar-refractivity contribution in [2.45, 2.75) is 31.2 Å². The van der Waals surface area contributed by atoms with E-state index in [2.05, 4.69) is 17.2 Å². The lowest BCUT2D eigenvalue weighted by molar-refractivity contribution is -0.121. The Balaban J connectivity index is 0. The first-order valence-electron chi connectivity index (χ1n) is 5.84. The molecule has 0 aromatic carbocycles. The number of allylic oxidation sites excluding steroid dienone is 1. The minimum Gasteiger partial charge on any atom is -0.383 e. The van der Waals surface area contributed by atoms with E-state index < -0.39 is 0 Å². The van der Waals surface area contributed by atoms with Crippen molar-refractivity contribution in [1.29, 1.82) is 0 Å². The van der Waals surface area contributed by atoms with Crippen molar-refractivity contribution in [2.75, 3.05) is 26.8 Å². The van der Waals surface area contributed by atoms with Crippen molar-refractivity contribution >= 4 is 30.7 Å². The maximum atomic E-state index is 11.5. The van der Waals surface area contributed by atoms with E-state index in [-0.39, 0.29) is 36.3 Å². The number of halogens is 2. The Morgan fingerprint density at radius 2 is 2.28 bits per heavy atom. The van der Waals surface area contributed by atoms with Gasteiger partial charge in [-0.1, -0.05) is 6.08 Å². The Morgan fingerprint density at radius 1 is 1.56 bits per heavy atom. The summed E-state index contributed by atoms with van der Waals surface area (Å²) in [6, 6.07) is 0. The lowest BCUT2D eigenvalue weighted by atomic mass is 9.98. The van der Waals surface area contributed by atoms with Crippen molar-refractivity contribution in [3.8, 4) is 0 Å². The lowest BCUT2D eigenvalue weighted by Gasteiger charge is -2.28. The van der Waals surface area contributed by atoms with Crippen molar-refractivity contribution in [3.63, 3.8) is 0 Å². The van der Waals surface area contributed by atoms with Gasteiger partial charge in [0.2, 0.25) is 5.91 Å². The number of ether oxygens (including phenoxy) is 1. The van der Waals surface area contributed by atoms with E-state index >= 15 is 0 Å². The molecule has 1 amide bonds. The normalized spacial score (nSPS) is 21.6. The quantitative estimate of drug-likeness (QED) is 0.703. The van der Waals surface area contributed by atoms with Gasteiger partial charge < -0.3 is 15.4 Å². The Labute approximate surface area is 122 Å². The van der Waals surface area contributed by atoms with Crippen molar-refractivity contribution < 1.29 is 9.53 Å². The van der Waals surface area contributed by atoms with Crippen LogP contribution in [0.1, 0.15) is 25.7 Å². The van der Waals surface area contributed by atoms with Crippen LogP contribution in [0.4, 0.5) is 0 Å². The van der Waals surface area contributed by atoms with Crippen LogP contribution >= 0.6 is 24.8 Å². The van der Waals surface area contributed by atoms with Crippen LogP contribution in [-0.4, -0.2) is 38.3 Å². The summed E-state index contributed by atoms with van der Waals surface area (Å²) in [7, 11) is 1.70. The van der Waals surface area contributed by atoms with E-state index in [4.69, 9.17) is 4.74 Å². The van der Waals surface area contributed by atoms with Crippen LogP contribution in [0, 0.1) is 0 Å². The topological polar surface area (TPSA) is 50.4 Å². The maximum Gasteiger partial charge on any atom is 0.220 e. The Bertz CT molecular complexity index is 244. The highest BCUT2D eigenvalue weighted by molar-refractivity contribution is 5.85. The van der Waals surface area contributed by atoms with Crippen LogP contribution < -0.4 is 10.6 Å². The first kappa shape index (κ1) is 20.0. The monoisotopic (exact) mass is 298 g/mol. The van der Waals surface area contributed by atoms with E-state index in [0.29, 0.717) is 19.6 Å². The molecule has 4 nitrogen and oxygen atoms in total. The average Bonchev–Trinajstić information content (AvgIpc) is 2.73. The van der Waals surface area contributed by atoms with E-state index in [0.717, 1.165) is 25.8 Å². The second-order valence-corrected chi connectivity index (χ2v) is 4.35. The summed E-state index contributed by atoms with van der Waals surface area (Å²) < 4.78 is 5.21. The molecule has 1 unspecified atom stereocenters. The second-order valence-electron chi connectivity index (χ2n) is 4.35. The van der Waals surface area contributed by atoms with Gasteiger partial charge in [-0.2, -0.15) is 0 Å². The number of hydrogen-bond donors (Lipinski definition) is 2. The van der Waals surface area contributed by atoms with Gasteiger partial charge in [0, 0.05) is 20.1 Å². The maximum absolute atomic E-state index is 11.5. The van der Waals surface area contributed by atoms with Gasteiger partial charge in [0.1, 0.15) is 0 Å². The molecule has 1 aliphatic heterocycles. The van der Waals surface area contributed by atoms with Crippen LogP contribution in [-0.2, 0) is 9.53 Å². The fourth-order valence-electron chi connectivity index (χ4n) is 2.06. The number of carbonyl (C=O) groups is 1. The fourth-order valence-corrected chi connectivity index (χ4v) is 2.06. The van der Waals surface area contributed by atoms with Crippen LogP contribution in [0.25, 0.3) is 0 Å². The highest BCUT2D eigenvalue weighted by Crippen LogP contribution is 2.18. The molecule has 0 bridgehead atoms. The predicted molar refractivity (Wildman–Crippen MR) is 78.8 cm³/mol. The molecule has 0 saturated carbocycles. The molecule has 18 heavy (non-hydrogen) atoms. The number of rotatable bonds is 7. The minimum absolute atomic E-state index is 0. The third kappa shape index (κ3) is 6.59. The summed E-state index contributed by atoms with van der Waals surface area (Å²) >= 11 is 0. The fraction of sp³-hybridized carbons (Fsp3) is 0.750. The number of methoxy groups -OCH3 is 1. The average molecular weight is 299 g/mol. The summed E-state index contributed by atoms with van der Waals surface area (Å²) in [4.78, 5) is 11.5. The third-order valence-corrected chi connectivity index (χ3v) is 2.95. The molecule has 1 heterocycles. The smallest absolute Gasteiger partial charge is 0.220 e. The standard InChI is InChI=1S/C12H22N2O2.2ClH/c1-3-4-6-11(15)13-9-12(10-16-2)7-5-8-14-12;;/h3,14H,1,4-10H2,2H3,(H,13,15);2*1H. The molecule has 0 spiro atoms. The van der Waals surface area contributed by atoms with E-state index in [9.17, 15) is 4.79 Å². The Kier molecular flexibility index (Phi) is 11.8. The number of hydrogen-bond acceptors (Lipinski definition) is 3. The Hall–Kier alpha value is -0.290. The van der Waals surface area contributed by atoms with Gasteiger partial charge in [0.15, 0.2) is 0 Å². The zero-order chi connectivity index (χ0) is 11.9. The molecular formula is C12H24Cl2N2O2. The van der Waals surface area contributed by atoms with E-state index in [1.165, 1.54) is 0 Å². The summed E-state index contributed by atoms with van der Waals surface area (Å²) in [5, 5.41) is 6.38. The highest BCUT2D eigenvalue weighted by Gasteiger charge is 2.33. The summed E-state index contributed by atoms with van der Waals surface area (Å²) in [5.41, 5.74) is -0.0570. The molecule has 1 rings (SSSR count). The minimum atomic E-state index is -0.0570. The summed E-state index contributed by atoms with van der Waals surface area (Å²) in [6.07, 6.45) is 5.22. The first-order chi connectivity index (χ1) is 7.72. The van der Waals surface area contributed by atoms with Gasteiger partial charge in [-0.25, -0.2) is 0 Å². The first-order valence-corrected chi connectivity index (χ1v) is 5.84. The van der Waals surface area contributed by atoms with Crippen molar-refractivity contribution in [2.24, 2.45) is 0 Å². The van der Waals surface area contributed by atoms with Crippen LogP contribution in [0.15, 0.2) is 12.7 Å². The van der Waals surface area contributed by atoms with Gasteiger partial charge >= 0.3 is 0 Å². The summed E-state index contributed by atoms with van der Waals surface area (Å²) in [6.45, 7) is 5.90. The SMILES string of the molecule is C=CCCC(=O)NCC1(COC)CCCN1.Cl.Cl. The van der Waals surface area contributed by atoms with Crippen LogP contribution in [0.5, 0.6) is 0 Å². The van der Waals surface area contributed by atoms with Gasteiger partial charge in [0.05, 0.1) is 12.1 Å². The number of carbonyl (C=O) groups excluding carboxylic acids is 1. The van der Waals surface area contributed by atoms with E-state index in [1.807, 2.05) is 0 Å². The van der Waals surface area contributed by atoms with Gasteiger partial charge in [0.25, 0.3) is 0 Å². The number of nitrogens with one attached hydrogen (secondary N) is 2. The molecular weight excluding hydrogens is 275 g/mol. The second kappa shape index (κ2) is 10.6. The van der Waals surface area contributed by atoms with Crippen molar-refractivity contribution in [1.82, 2.24) is 10.6 Å². The molecule has 0 aromatic rings. The largest absolute Gasteiger partial charge is 0.383 e. The number of amides is 1. The molecule has 108 valence electrons. The highest BCUT2D eigenvalue weighted by atomic mass is 35.5. The van der Waals surface area contributed by atoms with Gasteiger partial charge in [-0.15, -0.1) is 31.4 Å². The zero-order valence-corrected chi connectivity index (χ0v) is 12.5. The van der Waals surface area contributed by atoms with E-state index in [1.54, 1.807) is 13.2 Å². The molecule has 2 N–H and O–H groups in total.